The third kappa shape index (κ3) is 2.79. The molecular weight excluding hydrogens is 308 g/mol. The Morgan fingerprint density at radius 2 is 1.76 bits per heavy atom. The number of aryl methyl sites for hydroxylation is 1. The minimum Gasteiger partial charge on any atom is -0.373 e. The van der Waals surface area contributed by atoms with Crippen molar-refractivity contribution in [2.75, 3.05) is 6.61 Å². The van der Waals surface area contributed by atoms with E-state index in [2.05, 4.69) is 72.2 Å². The van der Waals surface area contributed by atoms with Crippen LogP contribution in [0, 0.1) is 0 Å². The SMILES string of the molecule is CCCOC1Cc2ccccc2-c2cnn(CC)c2-c2ccccc21. The topological polar surface area (TPSA) is 27.1 Å². The molecule has 25 heavy (non-hydrogen) atoms. The van der Waals surface area contributed by atoms with E-state index in [4.69, 9.17) is 4.74 Å². The average molecular weight is 332 g/mol. The number of aromatic nitrogens is 2. The Kier molecular flexibility index (Phi) is 4.41. The van der Waals surface area contributed by atoms with Gasteiger partial charge in [0.15, 0.2) is 0 Å². The summed E-state index contributed by atoms with van der Waals surface area (Å²) in [6.07, 6.45) is 4.01. The zero-order valence-corrected chi connectivity index (χ0v) is 14.9. The van der Waals surface area contributed by atoms with E-state index < -0.39 is 0 Å². The molecule has 1 aliphatic rings. The Balaban J connectivity index is 1.99. The highest BCUT2D eigenvalue weighted by Crippen LogP contribution is 2.42. The fraction of sp³-hybridized carbons (Fsp3) is 0.318. The maximum absolute atomic E-state index is 6.29. The van der Waals surface area contributed by atoms with E-state index in [1.807, 2.05) is 6.20 Å². The van der Waals surface area contributed by atoms with Crippen LogP contribution in [0.1, 0.15) is 37.5 Å². The van der Waals surface area contributed by atoms with E-state index in [-0.39, 0.29) is 6.10 Å². The lowest BCUT2D eigenvalue weighted by Crippen LogP contribution is -2.13. The van der Waals surface area contributed by atoms with Crippen LogP contribution in [0.3, 0.4) is 0 Å². The number of nitrogens with zero attached hydrogens (tertiary/aromatic N) is 2. The maximum Gasteiger partial charge on any atom is 0.0871 e. The third-order valence-corrected chi connectivity index (χ3v) is 4.94. The zero-order chi connectivity index (χ0) is 17.2. The van der Waals surface area contributed by atoms with Gasteiger partial charge < -0.3 is 4.74 Å². The molecule has 1 aliphatic carbocycles. The summed E-state index contributed by atoms with van der Waals surface area (Å²) in [5.74, 6) is 0. The highest BCUT2D eigenvalue weighted by atomic mass is 16.5. The molecule has 0 amide bonds. The van der Waals surface area contributed by atoms with E-state index in [1.54, 1.807) is 0 Å². The monoisotopic (exact) mass is 332 g/mol. The highest BCUT2D eigenvalue weighted by molar-refractivity contribution is 5.84. The minimum absolute atomic E-state index is 0.0747. The predicted molar refractivity (Wildman–Crippen MR) is 101 cm³/mol. The molecule has 3 nitrogen and oxygen atoms in total. The lowest BCUT2D eigenvalue weighted by Gasteiger charge is -2.26. The number of ether oxygens (including phenoxy) is 1. The van der Waals surface area contributed by atoms with Gasteiger partial charge in [-0.15, -0.1) is 0 Å². The number of hydrogen-bond acceptors (Lipinski definition) is 2. The lowest BCUT2D eigenvalue weighted by molar-refractivity contribution is 0.0536. The summed E-state index contributed by atoms with van der Waals surface area (Å²) in [4.78, 5) is 0. The Labute approximate surface area is 149 Å². The molecule has 2 aromatic carbocycles. The van der Waals surface area contributed by atoms with Crippen molar-refractivity contribution in [2.24, 2.45) is 0 Å². The first-order chi connectivity index (χ1) is 12.3. The minimum atomic E-state index is 0.0747. The normalized spacial score (nSPS) is 15.7. The molecule has 0 N–H and O–H groups in total. The lowest BCUT2D eigenvalue weighted by atomic mass is 9.86. The van der Waals surface area contributed by atoms with Gasteiger partial charge in [-0.1, -0.05) is 55.5 Å². The Hall–Kier alpha value is -2.39. The molecule has 0 fully saturated rings. The molecule has 1 heterocycles. The summed E-state index contributed by atoms with van der Waals surface area (Å²) < 4.78 is 8.39. The van der Waals surface area contributed by atoms with Crippen molar-refractivity contribution in [3.05, 3.63) is 65.9 Å². The molecule has 1 atom stereocenters. The molecule has 1 aromatic heterocycles. The molecule has 4 rings (SSSR count). The number of rotatable bonds is 4. The quantitative estimate of drug-likeness (QED) is 0.651. The summed E-state index contributed by atoms with van der Waals surface area (Å²) in [6.45, 7) is 5.94. The maximum atomic E-state index is 6.29. The van der Waals surface area contributed by atoms with E-state index in [1.165, 1.54) is 33.5 Å². The molecule has 0 saturated heterocycles. The van der Waals surface area contributed by atoms with Crippen molar-refractivity contribution in [3.63, 3.8) is 0 Å². The second-order valence-electron chi connectivity index (χ2n) is 6.53. The Morgan fingerprint density at radius 3 is 2.56 bits per heavy atom. The van der Waals surface area contributed by atoms with Gasteiger partial charge in [-0.25, -0.2) is 0 Å². The van der Waals surface area contributed by atoms with Gasteiger partial charge in [0.1, 0.15) is 0 Å². The molecular formula is C22H24N2O. The van der Waals surface area contributed by atoms with Crippen molar-refractivity contribution >= 4 is 0 Å². The van der Waals surface area contributed by atoms with Gasteiger partial charge in [0.2, 0.25) is 0 Å². The number of benzene rings is 2. The van der Waals surface area contributed by atoms with Crippen LogP contribution in [0.5, 0.6) is 0 Å². The van der Waals surface area contributed by atoms with Crippen LogP contribution >= 0.6 is 0 Å². The van der Waals surface area contributed by atoms with Crippen LogP contribution in [-0.4, -0.2) is 16.4 Å². The molecule has 0 aliphatic heterocycles. The van der Waals surface area contributed by atoms with Gasteiger partial charge in [-0.3, -0.25) is 4.68 Å². The van der Waals surface area contributed by atoms with Crippen LogP contribution < -0.4 is 0 Å². The molecule has 3 aromatic rings. The fourth-order valence-corrected chi connectivity index (χ4v) is 3.78. The van der Waals surface area contributed by atoms with Crippen LogP contribution in [-0.2, 0) is 17.7 Å². The van der Waals surface area contributed by atoms with E-state index in [0.717, 1.165) is 26.0 Å². The molecule has 0 saturated carbocycles. The number of hydrogen-bond donors (Lipinski definition) is 0. The fourth-order valence-electron chi connectivity index (χ4n) is 3.78. The largest absolute Gasteiger partial charge is 0.373 e. The van der Waals surface area contributed by atoms with E-state index in [9.17, 15) is 0 Å². The first-order valence-corrected chi connectivity index (χ1v) is 9.18. The van der Waals surface area contributed by atoms with Crippen molar-refractivity contribution in [1.29, 1.82) is 0 Å². The summed E-state index contributed by atoms with van der Waals surface area (Å²) in [7, 11) is 0. The highest BCUT2D eigenvalue weighted by Gasteiger charge is 2.26. The first kappa shape index (κ1) is 16.1. The Morgan fingerprint density at radius 1 is 1.00 bits per heavy atom. The van der Waals surface area contributed by atoms with Gasteiger partial charge in [0.25, 0.3) is 0 Å². The van der Waals surface area contributed by atoms with E-state index in [0.29, 0.717) is 0 Å². The smallest absolute Gasteiger partial charge is 0.0871 e. The van der Waals surface area contributed by atoms with Crippen molar-refractivity contribution in [1.82, 2.24) is 9.78 Å². The average Bonchev–Trinajstić information content (AvgIpc) is 3.07. The van der Waals surface area contributed by atoms with Gasteiger partial charge >= 0.3 is 0 Å². The molecule has 1 unspecified atom stereocenters. The third-order valence-electron chi connectivity index (χ3n) is 4.94. The Bertz CT molecular complexity index is 881. The standard InChI is InChI=1S/C22H24N2O/c1-3-13-25-21-14-16-9-5-6-10-17(16)20-15-23-24(4-2)22(20)19-12-8-7-11-18(19)21/h5-12,15,21H,3-4,13-14H2,1-2H3. The van der Waals surface area contributed by atoms with E-state index >= 15 is 0 Å². The molecule has 0 spiro atoms. The van der Waals surface area contributed by atoms with Gasteiger partial charge in [-0.05, 0) is 30.0 Å². The number of fused-ring (bicyclic) bond motifs is 5. The van der Waals surface area contributed by atoms with Crippen LogP contribution in [0.2, 0.25) is 0 Å². The van der Waals surface area contributed by atoms with Crippen LogP contribution in [0.4, 0.5) is 0 Å². The molecule has 128 valence electrons. The zero-order valence-electron chi connectivity index (χ0n) is 14.9. The first-order valence-electron chi connectivity index (χ1n) is 9.18. The molecule has 0 radical (unpaired) electrons. The summed E-state index contributed by atoms with van der Waals surface area (Å²) in [5.41, 5.74) is 7.54. The van der Waals surface area contributed by atoms with Gasteiger partial charge in [-0.2, -0.15) is 5.10 Å². The summed E-state index contributed by atoms with van der Waals surface area (Å²) >= 11 is 0. The predicted octanol–water partition coefficient (Wildman–Crippen LogP) is 5.26. The van der Waals surface area contributed by atoms with Gasteiger partial charge in [0, 0.05) is 30.7 Å². The van der Waals surface area contributed by atoms with Crippen molar-refractivity contribution < 1.29 is 4.74 Å². The second-order valence-corrected chi connectivity index (χ2v) is 6.53. The summed E-state index contributed by atoms with van der Waals surface area (Å²) in [6, 6.07) is 17.3. The van der Waals surface area contributed by atoms with Crippen LogP contribution in [0.25, 0.3) is 22.4 Å². The van der Waals surface area contributed by atoms with Gasteiger partial charge in [0.05, 0.1) is 18.0 Å². The molecule has 0 bridgehead atoms. The van der Waals surface area contributed by atoms with Crippen molar-refractivity contribution in [2.45, 2.75) is 39.3 Å². The van der Waals surface area contributed by atoms with Crippen LogP contribution in [0.15, 0.2) is 54.7 Å². The summed E-state index contributed by atoms with van der Waals surface area (Å²) in [5, 5.41) is 4.66. The van der Waals surface area contributed by atoms with Crippen molar-refractivity contribution in [3.8, 4) is 22.4 Å². The second kappa shape index (κ2) is 6.85. The molecule has 3 heteroatoms.